The van der Waals surface area contributed by atoms with E-state index < -0.39 is 0 Å². The van der Waals surface area contributed by atoms with Gasteiger partial charge in [0.05, 0.1) is 0 Å². The molecule has 1 heteroatoms. The predicted octanol–water partition coefficient (Wildman–Crippen LogP) is 4.37. The topological polar surface area (TPSA) is 9.23 Å². The van der Waals surface area contributed by atoms with Gasteiger partial charge in [0.15, 0.2) is 0 Å². The van der Waals surface area contributed by atoms with Crippen LogP contribution in [0, 0.1) is 53.3 Å². The third-order valence-corrected chi connectivity index (χ3v) is 8.38. The molecule has 0 spiro atoms. The first-order valence-corrected chi connectivity index (χ1v) is 9.40. The van der Waals surface area contributed by atoms with Crippen LogP contribution < -0.4 is 0 Å². The zero-order valence-electron chi connectivity index (χ0n) is 13.0. The molecule has 5 aliphatic carbocycles. The first-order chi connectivity index (χ1) is 9.92. The highest BCUT2D eigenvalue weighted by molar-refractivity contribution is 5.26. The fourth-order valence-electron chi connectivity index (χ4n) is 7.47. The zero-order valence-corrected chi connectivity index (χ0v) is 13.0. The van der Waals surface area contributed by atoms with E-state index in [1.54, 1.807) is 25.7 Å². The van der Waals surface area contributed by atoms with Crippen molar-refractivity contribution in [3.63, 3.8) is 0 Å². The highest BCUT2D eigenvalue weighted by atomic mass is 16.5. The van der Waals surface area contributed by atoms with Crippen LogP contribution in [0.25, 0.3) is 0 Å². The summed E-state index contributed by atoms with van der Waals surface area (Å²) in [6.45, 7) is 0.962. The second-order valence-corrected chi connectivity index (χ2v) is 8.65. The maximum Gasteiger partial charge on any atom is 0.0462 e. The zero-order chi connectivity index (χ0) is 13.3. The Bertz CT molecular complexity index is 385. The van der Waals surface area contributed by atoms with Crippen LogP contribution in [-0.4, -0.2) is 13.7 Å². The van der Waals surface area contributed by atoms with Gasteiger partial charge in [-0.25, -0.2) is 0 Å². The van der Waals surface area contributed by atoms with E-state index in [1.165, 1.54) is 73.0 Å². The first-order valence-electron chi connectivity index (χ1n) is 9.40. The Morgan fingerprint density at radius 1 is 0.750 bits per heavy atom. The summed E-state index contributed by atoms with van der Waals surface area (Å²) in [6, 6.07) is 0. The third-order valence-electron chi connectivity index (χ3n) is 8.38. The van der Waals surface area contributed by atoms with Crippen molar-refractivity contribution in [2.24, 2.45) is 53.3 Å². The van der Waals surface area contributed by atoms with Crippen LogP contribution in [0.4, 0.5) is 0 Å². The molecule has 5 rings (SSSR count). The molecule has 1 nitrogen and oxygen atoms in total. The smallest absolute Gasteiger partial charge is 0.0462 e. The maximum atomic E-state index is 5.13. The van der Waals surface area contributed by atoms with Gasteiger partial charge in [-0.2, -0.15) is 0 Å². The molecule has 112 valence electrons. The van der Waals surface area contributed by atoms with Crippen LogP contribution in [0.5, 0.6) is 0 Å². The summed E-state index contributed by atoms with van der Waals surface area (Å²) in [5, 5.41) is 0. The molecule has 0 saturated heterocycles. The summed E-state index contributed by atoms with van der Waals surface area (Å²) in [4.78, 5) is 0. The minimum absolute atomic E-state index is 0.962. The van der Waals surface area contributed by atoms with Gasteiger partial charge < -0.3 is 4.74 Å². The van der Waals surface area contributed by atoms with Crippen LogP contribution in [-0.2, 0) is 4.74 Å². The molecule has 0 N–H and O–H groups in total. The number of fused-ring (bicyclic) bond motifs is 10. The summed E-state index contributed by atoms with van der Waals surface area (Å²) < 4.78 is 5.13. The quantitative estimate of drug-likeness (QED) is 0.495. The first kappa shape index (κ1) is 12.5. The molecular formula is C19H30O. The second kappa shape index (κ2) is 4.48. The lowest BCUT2D eigenvalue weighted by molar-refractivity contribution is -0.375. The summed E-state index contributed by atoms with van der Waals surface area (Å²) in [7, 11) is 1.82. The Labute approximate surface area is 123 Å². The van der Waals surface area contributed by atoms with Crippen molar-refractivity contribution in [2.75, 3.05) is 13.7 Å². The molecule has 0 heterocycles. The lowest BCUT2D eigenvalue weighted by Crippen LogP contribution is -2.80. The van der Waals surface area contributed by atoms with Gasteiger partial charge >= 0.3 is 0 Å². The van der Waals surface area contributed by atoms with Crippen molar-refractivity contribution < 1.29 is 4.74 Å². The normalized spacial score (nSPS) is 56.5. The van der Waals surface area contributed by atoms with Crippen molar-refractivity contribution in [3.8, 4) is 0 Å². The Morgan fingerprint density at radius 3 is 2.20 bits per heavy atom. The van der Waals surface area contributed by atoms with E-state index in [1.807, 2.05) is 7.11 Å². The lowest BCUT2D eigenvalue weighted by atomic mass is 9.20. The molecular weight excluding hydrogens is 244 g/mol. The molecule has 0 unspecified atom stereocenters. The molecule has 0 amide bonds. The SMILES string of the molecule is COCCCCCC[C@H]1C[C@@H]2[C@H]3[C@@H]4[C@H]5CC[C@H]5[C@@H]4[C@H]3[C@H]12. The number of hydrogen-bond donors (Lipinski definition) is 0. The van der Waals surface area contributed by atoms with E-state index in [0.717, 1.165) is 12.5 Å². The molecule has 0 aromatic carbocycles. The Balaban J connectivity index is 1.06. The molecule has 5 fully saturated rings. The van der Waals surface area contributed by atoms with E-state index in [-0.39, 0.29) is 0 Å². The molecule has 0 bridgehead atoms. The molecule has 9 atom stereocenters. The van der Waals surface area contributed by atoms with Gasteiger partial charge in [-0.1, -0.05) is 25.7 Å². The van der Waals surface area contributed by atoms with Gasteiger partial charge in [0.1, 0.15) is 0 Å². The van der Waals surface area contributed by atoms with Crippen molar-refractivity contribution in [1.82, 2.24) is 0 Å². The van der Waals surface area contributed by atoms with Crippen LogP contribution in [0.3, 0.4) is 0 Å². The van der Waals surface area contributed by atoms with Gasteiger partial charge in [0.25, 0.3) is 0 Å². The Kier molecular flexibility index (Phi) is 2.80. The highest BCUT2D eigenvalue weighted by Crippen LogP contribution is 2.84. The number of rotatable bonds is 7. The third kappa shape index (κ3) is 1.39. The fraction of sp³-hybridized carbons (Fsp3) is 1.00. The van der Waals surface area contributed by atoms with Gasteiger partial charge in [-0.15, -0.1) is 0 Å². The van der Waals surface area contributed by atoms with Gasteiger partial charge in [-0.3, -0.25) is 0 Å². The summed E-state index contributed by atoms with van der Waals surface area (Å²) in [5.41, 5.74) is 0. The molecule has 5 aliphatic rings. The predicted molar refractivity (Wildman–Crippen MR) is 80.2 cm³/mol. The van der Waals surface area contributed by atoms with Crippen LogP contribution in [0.15, 0.2) is 0 Å². The Morgan fingerprint density at radius 2 is 1.45 bits per heavy atom. The monoisotopic (exact) mass is 274 g/mol. The molecule has 0 aliphatic heterocycles. The average molecular weight is 274 g/mol. The molecule has 20 heavy (non-hydrogen) atoms. The van der Waals surface area contributed by atoms with E-state index >= 15 is 0 Å². The maximum absolute atomic E-state index is 5.13. The molecule has 0 aromatic rings. The largest absolute Gasteiger partial charge is 0.385 e. The van der Waals surface area contributed by atoms with E-state index in [2.05, 4.69) is 0 Å². The minimum Gasteiger partial charge on any atom is -0.385 e. The van der Waals surface area contributed by atoms with E-state index in [4.69, 9.17) is 4.74 Å². The molecule has 0 aromatic heterocycles. The number of methoxy groups -OCH3 is 1. The average Bonchev–Trinajstić information content (AvgIpc) is 2.40. The summed E-state index contributed by atoms with van der Waals surface area (Å²) >= 11 is 0. The Hall–Kier alpha value is -0.0400. The number of unbranched alkanes of at least 4 members (excludes halogenated alkanes) is 3. The number of ether oxygens (including phenoxy) is 1. The van der Waals surface area contributed by atoms with Gasteiger partial charge in [-0.05, 0) is 78.9 Å². The van der Waals surface area contributed by atoms with Crippen molar-refractivity contribution in [1.29, 1.82) is 0 Å². The van der Waals surface area contributed by atoms with Crippen molar-refractivity contribution in [2.45, 2.75) is 51.4 Å². The van der Waals surface area contributed by atoms with Gasteiger partial charge in [0, 0.05) is 13.7 Å². The van der Waals surface area contributed by atoms with E-state index in [9.17, 15) is 0 Å². The fourth-order valence-corrected chi connectivity index (χ4v) is 7.47. The molecule has 0 radical (unpaired) electrons. The van der Waals surface area contributed by atoms with E-state index in [0.29, 0.717) is 0 Å². The minimum atomic E-state index is 0.962. The van der Waals surface area contributed by atoms with Crippen molar-refractivity contribution >= 4 is 0 Å². The second-order valence-electron chi connectivity index (χ2n) is 8.65. The summed E-state index contributed by atoms with van der Waals surface area (Å²) in [6.07, 6.45) is 12.0. The van der Waals surface area contributed by atoms with Gasteiger partial charge in [0.2, 0.25) is 0 Å². The number of hydrogen-bond acceptors (Lipinski definition) is 1. The lowest BCUT2D eigenvalue weighted by Gasteiger charge is -2.85. The van der Waals surface area contributed by atoms with Crippen LogP contribution in [0.2, 0.25) is 0 Å². The van der Waals surface area contributed by atoms with Crippen molar-refractivity contribution in [3.05, 3.63) is 0 Å². The standard InChI is InChI=1S/C19H30O/c1-20-9-5-3-2-4-6-11-10-14-15(11)19-17-13-8-7-12(13)16(17)18(14)19/h11-19H,2-10H2,1H3/t11-,12-,13+,14-,15+,16+,17-,18-,19+/m0/s1. The molecule has 5 saturated carbocycles. The summed E-state index contributed by atoms with van der Waals surface area (Å²) in [5.74, 6) is 11.1. The van der Waals surface area contributed by atoms with Crippen LogP contribution >= 0.6 is 0 Å². The van der Waals surface area contributed by atoms with Crippen LogP contribution in [0.1, 0.15) is 51.4 Å². The highest BCUT2D eigenvalue weighted by Gasteiger charge is 2.79.